The number of hydrogen-bond acceptors (Lipinski definition) is 4. The monoisotopic (exact) mass is 472 g/mol. The topological polar surface area (TPSA) is 58.1 Å². The zero-order valence-corrected chi connectivity index (χ0v) is 19.7. The summed E-state index contributed by atoms with van der Waals surface area (Å²) in [5.74, 6) is -0.982. The third-order valence-electron chi connectivity index (χ3n) is 6.48. The highest BCUT2D eigenvalue weighted by molar-refractivity contribution is 6.12. The lowest BCUT2D eigenvalue weighted by Gasteiger charge is -2.24. The Morgan fingerprint density at radius 3 is 2.60 bits per heavy atom. The molecule has 5 rings (SSSR count). The predicted octanol–water partition coefficient (Wildman–Crippen LogP) is 5.37. The van der Waals surface area contributed by atoms with Crippen molar-refractivity contribution in [2.24, 2.45) is 0 Å². The number of halogens is 2. The molecule has 4 aromatic rings. The second-order valence-corrected chi connectivity index (χ2v) is 9.17. The molecule has 35 heavy (non-hydrogen) atoms. The van der Waals surface area contributed by atoms with Gasteiger partial charge in [-0.1, -0.05) is 12.1 Å². The van der Waals surface area contributed by atoms with Crippen molar-refractivity contribution >= 4 is 16.8 Å². The first-order valence-corrected chi connectivity index (χ1v) is 11.7. The number of likely N-dealkylation sites (N-methyl/N-ethyl adjacent to an activating group) is 1. The molecule has 1 aliphatic heterocycles. The Bertz CT molecular complexity index is 1400. The van der Waals surface area contributed by atoms with Crippen LogP contribution in [-0.4, -0.2) is 47.0 Å². The van der Waals surface area contributed by atoms with Crippen molar-refractivity contribution < 1.29 is 13.6 Å². The molecule has 5 nitrogen and oxygen atoms in total. The summed E-state index contributed by atoms with van der Waals surface area (Å²) in [5.41, 5.74) is 4.30. The van der Waals surface area contributed by atoms with Gasteiger partial charge in [0.1, 0.15) is 11.6 Å². The van der Waals surface area contributed by atoms with E-state index in [1.165, 1.54) is 18.2 Å². The van der Waals surface area contributed by atoms with Crippen LogP contribution < -0.4 is 5.32 Å². The van der Waals surface area contributed by atoms with Gasteiger partial charge in [0.25, 0.3) is 5.91 Å². The summed E-state index contributed by atoms with van der Waals surface area (Å²) in [6, 6.07) is 11.8. The summed E-state index contributed by atoms with van der Waals surface area (Å²) in [6.45, 7) is 3.33. The molecule has 0 radical (unpaired) electrons. The lowest BCUT2D eigenvalue weighted by Crippen LogP contribution is -2.38. The minimum Gasteiger partial charge on any atom is -0.340 e. The standard InChI is InChI=1S/C28H26F2N4O/c1-17-8-19(10-21(29)9-17)25-15-33-26-6-5-18(20-11-22(30)14-31-13-20)12-24(26)27(25)28(35)34(2)16-23-4-3-7-32-23/h5-6,8-15,23,32H,3-4,7,16H2,1-2H3/t23-/m0/s1. The third kappa shape index (κ3) is 4.77. The fraction of sp³-hybridized carbons (Fsp3) is 0.250. The Morgan fingerprint density at radius 2 is 1.86 bits per heavy atom. The van der Waals surface area contributed by atoms with Crippen molar-refractivity contribution in [2.45, 2.75) is 25.8 Å². The highest BCUT2D eigenvalue weighted by Gasteiger charge is 2.25. The van der Waals surface area contributed by atoms with Gasteiger partial charge in [0.05, 0.1) is 17.3 Å². The smallest absolute Gasteiger partial charge is 0.255 e. The van der Waals surface area contributed by atoms with Gasteiger partial charge in [-0.3, -0.25) is 14.8 Å². The van der Waals surface area contributed by atoms with Gasteiger partial charge in [0.2, 0.25) is 0 Å². The predicted molar refractivity (Wildman–Crippen MR) is 133 cm³/mol. The third-order valence-corrected chi connectivity index (χ3v) is 6.48. The normalized spacial score (nSPS) is 15.5. The Balaban J connectivity index is 1.69. The van der Waals surface area contributed by atoms with E-state index < -0.39 is 5.82 Å². The van der Waals surface area contributed by atoms with Gasteiger partial charge in [-0.2, -0.15) is 0 Å². The molecule has 2 aromatic heterocycles. The molecule has 1 fully saturated rings. The van der Waals surface area contributed by atoms with E-state index in [0.717, 1.165) is 31.1 Å². The highest BCUT2D eigenvalue weighted by Crippen LogP contribution is 2.33. The summed E-state index contributed by atoms with van der Waals surface area (Å²) in [5, 5.41) is 4.06. The zero-order valence-electron chi connectivity index (χ0n) is 19.7. The summed E-state index contributed by atoms with van der Waals surface area (Å²) >= 11 is 0. The summed E-state index contributed by atoms with van der Waals surface area (Å²) in [6.07, 6.45) is 6.47. The minimum atomic E-state index is -0.440. The molecule has 1 amide bonds. The van der Waals surface area contributed by atoms with Crippen LogP contribution in [-0.2, 0) is 0 Å². The van der Waals surface area contributed by atoms with E-state index in [9.17, 15) is 13.6 Å². The van der Waals surface area contributed by atoms with Gasteiger partial charge in [-0.15, -0.1) is 0 Å². The first-order chi connectivity index (χ1) is 16.9. The second kappa shape index (κ2) is 9.50. The first kappa shape index (κ1) is 23.1. The van der Waals surface area contributed by atoms with Crippen molar-refractivity contribution in [3.05, 3.63) is 83.8 Å². The number of nitrogens with zero attached hydrogens (tertiary/aromatic N) is 3. The summed E-state index contributed by atoms with van der Waals surface area (Å²) in [4.78, 5) is 24.2. The summed E-state index contributed by atoms with van der Waals surface area (Å²) in [7, 11) is 1.79. The second-order valence-electron chi connectivity index (χ2n) is 9.17. The molecule has 0 spiro atoms. The Morgan fingerprint density at radius 1 is 1.03 bits per heavy atom. The number of pyridine rings is 2. The van der Waals surface area contributed by atoms with Gasteiger partial charge >= 0.3 is 0 Å². The Kier molecular flexibility index (Phi) is 6.26. The van der Waals surface area contributed by atoms with Crippen LogP contribution in [0.2, 0.25) is 0 Å². The Labute approximate surface area is 202 Å². The lowest BCUT2D eigenvalue weighted by atomic mass is 9.94. The van der Waals surface area contributed by atoms with E-state index in [1.807, 2.05) is 31.2 Å². The highest BCUT2D eigenvalue weighted by atomic mass is 19.1. The summed E-state index contributed by atoms with van der Waals surface area (Å²) < 4.78 is 28.2. The van der Waals surface area contributed by atoms with Crippen molar-refractivity contribution in [3.8, 4) is 22.3 Å². The van der Waals surface area contributed by atoms with Crippen LogP contribution in [0.1, 0.15) is 28.8 Å². The number of aromatic nitrogens is 2. The average molecular weight is 473 g/mol. The molecule has 2 aromatic carbocycles. The van der Waals surface area contributed by atoms with Gasteiger partial charge in [0, 0.05) is 48.5 Å². The molecule has 178 valence electrons. The van der Waals surface area contributed by atoms with Gasteiger partial charge < -0.3 is 10.2 Å². The number of hydrogen-bond donors (Lipinski definition) is 1. The zero-order chi connectivity index (χ0) is 24.5. The maximum absolute atomic E-state index is 14.3. The van der Waals surface area contributed by atoms with Crippen LogP contribution in [0.5, 0.6) is 0 Å². The molecular weight excluding hydrogens is 446 g/mol. The average Bonchev–Trinajstić information content (AvgIpc) is 3.35. The van der Waals surface area contributed by atoms with Crippen LogP contribution in [0.15, 0.2) is 61.1 Å². The number of carbonyl (C=O) groups is 1. The molecule has 1 N–H and O–H groups in total. The van der Waals surface area contributed by atoms with Crippen molar-refractivity contribution in [3.63, 3.8) is 0 Å². The Hall–Kier alpha value is -3.71. The molecule has 0 saturated carbocycles. The number of nitrogens with one attached hydrogen (secondary N) is 1. The number of aryl methyl sites for hydroxylation is 1. The van der Waals surface area contributed by atoms with E-state index in [2.05, 4.69) is 15.3 Å². The van der Waals surface area contributed by atoms with E-state index in [4.69, 9.17) is 0 Å². The molecule has 3 heterocycles. The van der Waals surface area contributed by atoms with Crippen molar-refractivity contribution in [1.82, 2.24) is 20.2 Å². The number of rotatable bonds is 5. The molecule has 1 aliphatic rings. The lowest BCUT2D eigenvalue weighted by molar-refractivity contribution is 0.0786. The van der Waals surface area contributed by atoms with Crippen LogP contribution >= 0.6 is 0 Å². The van der Waals surface area contributed by atoms with Gasteiger partial charge in [-0.05, 0) is 73.3 Å². The van der Waals surface area contributed by atoms with E-state index in [-0.39, 0.29) is 17.8 Å². The van der Waals surface area contributed by atoms with Crippen LogP contribution in [0.4, 0.5) is 8.78 Å². The number of amides is 1. The molecule has 0 bridgehead atoms. The molecule has 0 unspecified atom stereocenters. The fourth-order valence-corrected chi connectivity index (χ4v) is 4.80. The van der Waals surface area contributed by atoms with Crippen molar-refractivity contribution in [2.75, 3.05) is 20.1 Å². The molecule has 1 saturated heterocycles. The van der Waals surface area contributed by atoms with Crippen LogP contribution in [0, 0.1) is 18.6 Å². The van der Waals surface area contributed by atoms with Crippen LogP contribution in [0.25, 0.3) is 33.2 Å². The quantitative estimate of drug-likeness (QED) is 0.424. The number of fused-ring (bicyclic) bond motifs is 1. The molecule has 7 heteroatoms. The van der Waals surface area contributed by atoms with E-state index >= 15 is 0 Å². The molecule has 1 atom stereocenters. The molecule has 0 aliphatic carbocycles. The van der Waals surface area contributed by atoms with Crippen LogP contribution in [0.3, 0.4) is 0 Å². The SMILES string of the molecule is Cc1cc(F)cc(-c2cnc3ccc(-c4cncc(F)c4)cc3c2C(=O)N(C)C[C@@H]2CCCN2)c1. The maximum atomic E-state index is 14.3. The first-order valence-electron chi connectivity index (χ1n) is 11.7. The van der Waals surface area contributed by atoms with Crippen molar-refractivity contribution in [1.29, 1.82) is 0 Å². The number of carbonyl (C=O) groups excluding carboxylic acids is 1. The fourth-order valence-electron chi connectivity index (χ4n) is 4.80. The van der Waals surface area contributed by atoms with E-state index in [0.29, 0.717) is 45.3 Å². The molecular formula is C28H26F2N4O. The maximum Gasteiger partial charge on any atom is 0.255 e. The van der Waals surface area contributed by atoms with E-state index in [1.54, 1.807) is 24.3 Å². The largest absolute Gasteiger partial charge is 0.340 e. The number of benzene rings is 2. The van der Waals surface area contributed by atoms with Gasteiger partial charge in [-0.25, -0.2) is 8.78 Å². The minimum absolute atomic E-state index is 0.169. The van der Waals surface area contributed by atoms with Gasteiger partial charge in [0.15, 0.2) is 0 Å².